The molecule has 4 aromatic heterocycles. The van der Waals surface area contributed by atoms with Crippen molar-refractivity contribution in [3.05, 3.63) is 80.4 Å². The Hall–Kier alpha value is -4.22. The first-order chi connectivity index (χ1) is 19.6. The number of nitrogens with one attached hydrogen (secondary N) is 2. The van der Waals surface area contributed by atoms with Gasteiger partial charge in [0.2, 0.25) is 5.95 Å². The summed E-state index contributed by atoms with van der Waals surface area (Å²) in [4.78, 5) is 49.4. The highest BCUT2D eigenvalue weighted by atomic mass is 32.1. The molecule has 5 aromatic rings. The highest BCUT2D eigenvalue weighted by molar-refractivity contribution is 7.17. The van der Waals surface area contributed by atoms with Crippen molar-refractivity contribution < 1.29 is 9.59 Å². The Balaban J connectivity index is 1.00. The number of imidazole rings is 1. The fourth-order valence-corrected chi connectivity index (χ4v) is 7.17. The second kappa shape index (κ2) is 10.4. The van der Waals surface area contributed by atoms with Gasteiger partial charge in [-0.05, 0) is 36.8 Å². The number of piperidine rings is 1. The summed E-state index contributed by atoms with van der Waals surface area (Å²) in [5.41, 5.74) is 2.06. The quantitative estimate of drug-likeness (QED) is 0.298. The van der Waals surface area contributed by atoms with Crippen molar-refractivity contribution in [3.8, 4) is 0 Å². The Labute approximate surface area is 237 Å². The number of rotatable bonds is 6. The van der Waals surface area contributed by atoms with Gasteiger partial charge in [0.25, 0.3) is 5.91 Å². The number of thiophene rings is 1. The summed E-state index contributed by atoms with van der Waals surface area (Å²) in [5.74, 6) is 1.16. The molecule has 1 unspecified atom stereocenters. The van der Waals surface area contributed by atoms with Crippen LogP contribution in [0.25, 0.3) is 22.4 Å². The van der Waals surface area contributed by atoms with Crippen LogP contribution in [0.1, 0.15) is 51.0 Å². The maximum atomic E-state index is 13.0. The van der Waals surface area contributed by atoms with E-state index in [-0.39, 0.29) is 17.6 Å². The van der Waals surface area contributed by atoms with Crippen molar-refractivity contribution >= 4 is 68.5 Å². The van der Waals surface area contributed by atoms with Crippen molar-refractivity contribution in [3.63, 3.8) is 0 Å². The second-order valence-corrected chi connectivity index (χ2v) is 11.8. The summed E-state index contributed by atoms with van der Waals surface area (Å²) in [6, 6.07) is 11.3. The summed E-state index contributed by atoms with van der Waals surface area (Å²) < 4.78 is 1.13. The first kappa shape index (κ1) is 24.8. The smallest absolute Gasteiger partial charge is 0.277 e. The molecule has 1 amide bonds. The van der Waals surface area contributed by atoms with Crippen LogP contribution in [-0.2, 0) is 0 Å². The standard InChI is InChI=1S/C29H25N7O2S2/c37-24(17-4-2-1-3-5-17)19-6-7-20-22(14-19)34-29(33-20)35-27(38)23-15-40-28(32-23)18-8-11-36(12-9-18)26-25-21(10-13-39-25)30-16-31-26/h1-5,7,10,13-16,18-19H,6,8-9,11-12H2,(H2,33,34,35,38). The molecular formula is C29H25N7O2S2. The number of aromatic amines is 1. The van der Waals surface area contributed by atoms with Crippen molar-refractivity contribution in [1.29, 1.82) is 0 Å². The van der Waals surface area contributed by atoms with E-state index in [0.29, 0.717) is 29.5 Å². The lowest BCUT2D eigenvalue weighted by molar-refractivity contribution is 0.0953. The molecule has 0 radical (unpaired) electrons. The third kappa shape index (κ3) is 4.71. The van der Waals surface area contributed by atoms with Crippen LogP contribution >= 0.6 is 22.7 Å². The molecule has 1 aliphatic heterocycles. The number of carbonyl (C=O) groups is 2. The van der Waals surface area contributed by atoms with Gasteiger partial charge >= 0.3 is 0 Å². The first-order valence-corrected chi connectivity index (χ1v) is 15.0. The minimum Gasteiger partial charge on any atom is -0.355 e. The summed E-state index contributed by atoms with van der Waals surface area (Å²) in [6.45, 7) is 1.77. The number of benzene rings is 1. The Morgan fingerprint density at radius 2 is 1.88 bits per heavy atom. The molecule has 1 aromatic carbocycles. The molecule has 1 fully saturated rings. The zero-order valence-electron chi connectivity index (χ0n) is 21.4. The summed E-state index contributed by atoms with van der Waals surface area (Å²) in [5, 5.41) is 9.17. The third-order valence-corrected chi connectivity index (χ3v) is 9.35. The SMILES string of the molecule is O=C(Nc1nc2c([nH]1)=CC(C(=O)c1ccccc1)CC=2)c1csc(C2CCN(c3ncnc4ccsc34)CC2)n1. The van der Waals surface area contributed by atoms with E-state index >= 15 is 0 Å². The van der Waals surface area contributed by atoms with Crippen molar-refractivity contribution in [2.45, 2.75) is 25.2 Å². The minimum atomic E-state index is -0.302. The summed E-state index contributed by atoms with van der Waals surface area (Å²) in [7, 11) is 0. The van der Waals surface area contributed by atoms with Crippen LogP contribution in [0.5, 0.6) is 0 Å². The number of thiazole rings is 1. The van der Waals surface area contributed by atoms with E-state index in [9.17, 15) is 9.59 Å². The van der Waals surface area contributed by atoms with E-state index in [4.69, 9.17) is 0 Å². The van der Waals surface area contributed by atoms with Crippen LogP contribution < -0.4 is 20.9 Å². The van der Waals surface area contributed by atoms with Crippen molar-refractivity contribution in [2.24, 2.45) is 5.92 Å². The highest BCUT2D eigenvalue weighted by Crippen LogP contribution is 2.35. The average molecular weight is 568 g/mol. The molecule has 0 spiro atoms. The second-order valence-electron chi connectivity index (χ2n) is 9.95. The van der Waals surface area contributed by atoms with Crippen LogP contribution in [0.2, 0.25) is 0 Å². The number of fused-ring (bicyclic) bond motifs is 2. The van der Waals surface area contributed by atoms with Crippen LogP contribution in [0.4, 0.5) is 11.8 Å². The number of H-pyrrole nitrogens is 1. The first-order valence-electron chi connectivity index (χ1n) is 13.2. The van der Waals surface area contributed by atoms with E-state index in [0.717, 1.165) is 57.7 Å². The predicted octanol–water partition coefficient (Wildman–Crippen LogP) is 3.97. The van der Waals surface area contributed by atoms with Gasteiger partial charge in [0, 0.05) is 35.9 Å². The van der Waals surface area contributed by atoms with Gasteiger partial charge in [-0.3, -0.25) is 14.9 Å². The van der Waals surface area contributed by atoms with Crippen LogP contribution in [0.3, 0.4) is 0 Å². The van der Waals surface area contributed by atoms with Crippen molar-refractivity contribution in [2.75, 3.05) is 23.3 Å². The summed E-state index contributed by atoms with van der Waals surface area (Å²) in [6.07, 6.45) is 7.94. The zero-order valence-corrected chi connectivity index (χ0v) is 23.0. The molecule has 1 atom stereocenters. The average Bonchev–Trinajstić information content (AvgIpc) is 3.76. The number of carbonyl (C=O) groups excluding carboxylic acids is 2. The Kier molecular flexibility index (Phi) is 6.45. The molecule has 2 N–H and O–H groups in total. The molecule has 1 aliphatic carbocycles. The van der Waals surface area contributed by atoms with Gasteiger partial charge in [-0.1, -0.05) is 36.4 Å². The molecule has 2 aliphatic rings. The molecule has 9 nitrogen and oxygen atoms in total. The number of hydrogen-bond donors (Lipinski definition) is 2. The molecule has 40 heavy (non-hydrogen) atoms. The Bertz CT molecular complexity index is 1830. The predicted molar refractivity (Wildman–Crippen MR) is 157 cm³/mol. The molecular weight excluding hydrogens is 543 g/mol. The summed E-state index contributed by atoms with van der Waals surface area (Å²) >= 11 is 3.20. The van der Waals surface area contributed by atoms with Gasteiger partial charge in [-0.15, -0.1) is 22.7 Å². The van der Waals surface area contributed by atoms with Crippen molar-refractivity contribution in [1.82, 2.24) is 24.9 Å². The van der Waals surface area contributed by atoms with Gasteiger partial charge in [-0.2, -0.15) is 0 Å². The monoisotopic (exact) mass is 567 g/mol. The lowest BCUT2D eigenvalue weighted by atomic mass is 9.92. The maximum absolute atomic E-state index is 13.0. The maximum Gasteiger partial charge on any atom is 0.277 e. The van der Waals surface area contributed by atoms with E-state index in [1.807, 2.05) is 53.9 Å². The van der Waals surface area contributed by atoms with Gasteiger partial charge < -0.3 is 9.88 Å². The molecule has 1 saturated heterocycles. The highest BCUT2D eigenvalue weighted by Gasteiger charge is 2.26. The number of Topliss-reactive ketones (excluding diaryl/α,β-unsaturated/α-hetero) is 1. The number of hydrogen-bond acceptors (Lipinski definition) is 9. The molecule has 200 valence electrons. The number of nitrogens with zero attached hydrogens (tertiary/aromatic N) is 5. The van der Waals surface area contributed by atoms with E-state index in [1.165, 1.54) is 11.3 Å². The van der Waals surface area contributed by atoms with Gasteiger partial charge in [-0.25, -0.2) is 19.9 Å². The Morgan fingerprint density at radius 3 is 2.73 bits per heavy atom. The minimum absolute atomic E-state index is 0.0698. The number of aromatic nitrogens is 5. The van der Waals surface area contributed by atoms with Gasteiger partial charge in [0.05, 0.1) is 25.9 Å². The molecule has 0 saturated carbocycles. The van der Waals surface area contributed by atoms with Gasteiger partial charge in [0.15, 0.2) is 5.78 Å². The normalized spacial score (nSPS) is 17.2. The fourth-order valence-electron chi connectivity index (χ4n) is 5.34. The zero-order chi connectivity index (χ0) is 27.1. The molecule has 11 heteroatoms. The molecule has 0 bridgehead atoms. The largest absolute Gasteiger partial charge is 0.355 e. The Morgan fingerprint density at radius 1 is 1.02 bits per heavy atom. The topological polar surface area (TPSA) is 117 Å². The van der Waals surface area contributed by atoms with Crippen LogP contribution in [-0.4, -0.2) is 49.7 Å². The van der Waals surface area contributed by atoms with Crippen LogP contribution in [0.15, 0.2) is 53.5 Å². The van der Waals surface area contributed by atoms with E-state index < -0.39 is 0 Å². The van der Waals surface area contributed by atoms with Crippen LogP contribution in [0, 0.1) is 5.92 Å². The lowest BCUT2D eigenvalue weighted by Crippen LogP contribution is -2.33. The van der Waals surface area contributed by atoms with E-state index in [1.54, 1.807) is 17.7 Å². The number of ketones is 1. The molecule has 5 heterocycles. The third-order valence-electron chi connectivity index (χ3n) is 7.44. The van der Waals surface area contributed by atoms with Gasteiger partial charge in [0.1, 0.15) is 17.8 Å². The molecule has 7 rings (SSSR count). The number of anilines is 2. The lowest BCUT2D eigenvalue weighted by Gasteiger charge is -2.32. The fraction of sp³-hybridized carbons (Fsp3) is 0.241. The number of amides is 1. The van der Waals surface area contributed by atoms with E-state index in [2.05, 4.69) is 40.5 Å².